The predicted octanol–water partition coefficient (Wildman–Crippen LogP) is 2.03. The van der Waals surface area contributed by atoms with Crippen LogP contribution in [0.3, 0.4) is 0 Å². The van der Waals surface area contributed by atoms with Crippen molar-refractivity contribution in [2.24, 2.45) is 0 Å². The van der Waals surface area contributed by atoms with Gasteiger partial charge in [-0.3, -0.25) is 9.69 Å². The number of hydrogen-bond acceptors (Lipinski definition) is 5. The molecule has 0 spiro atoms. The fourth-order valence-electron chi connectivity index (χ4n) is 2.67. The lowest BCUT2D eigenvalue weighted by Gasteiger charge is -2.34. The van der Waals surface area contributed by atoms with Crippen molar-refractivity contribution in [3.8, 4) is 0 Å². The standard InChI is InChI=1S/C16H19ClN4O2/c1-12-18-19-15(23-12)5-6-20-7-9-21(10-8-20)16(22)13-3-2-4-14(17)11-13/h2-4,11H,5-10H2,1H3. The molecule has 1 fully saturated rings. The molecule has 2 heterocycles. The molecule has 0 unspecified atom stereocenters. The Morgan fingerprint density at radius 2 is 2.04 bits per heavy atom. The van der Waals surface area contributed by atoms with Gasteiger partial charge >= 0.3 is 0 Å². The Morgan fingerprint density at radius 3 is 2.70 bits per heavy atom. The molecule has 0 atom stereocenters. The van der Waals surface area contributed by atoms with Gasteiger partial charge in [-0.1, -0.05) is 17.7 Å². The second-order valence-electron chi connectivity index (χ2n) is 5.61. The van der Waals surface area contributed by atoms with Gasteiger partial charge in [0.2, 0.25) is 11.8 Å². The molecule has 0 N–H and O–H groups in total. The Kier molecular flexibility index (Phi) is 4.93. The van der Waals surface area contributed by atoms with Gasteiger partial charge in [0.05, 0.1) is 0 Å². The highest BCUT2D eigenvalue weighted by Gasteiger charge is 2.22. The maximum Gasteiger partial charge on any atom is 0.253 e. The molecule has 122 valence electrons. The second kappa shape index (κ2) is 7.10. The zero-order valence-electron chi connectivity index (χ0n) is 13.0. The van der Waals surface area contributed by atoms with E-state index in [1.54, 1.807) is 31.2 Å². The number of amides is 1. The molecule has 0 bridgehead atoms. The number of hydrogen-bond donors (Lipinski definition) is 0. The molecule has 2 aromatic rings. The van der Waals surface area contributed by atoms with E-state index in [0.717, 1.165) is 26.1 Å². The molecular weight excluding hydrogens is 316 g/mol. The summed E-state index contributed by atoms with van der Waals surface area (Å²) in [4.78, 5) is 16.6. The van der Waals surface area contributed by atoms with Crippen LogP contribution in [0, 0.1) is 6.92 Å². The number of aryl methyl sites for hydroxylation is 1. The molecule has 1 aliphatic heterocycles. The fraction of sp³-hybridized carbons (Fsp3) is 0.438. The average Bonchev–Trinajstić information content (AvgIpc) is 2.98. The summed E-state index contributed by atoms with van der Waals surface area (Å²) in [6.07, 6.45) is 0.739. The van der Waals surface area contributed by atoms with Crippen molar-refractivity contribution >= 4 is 17.5 Å². The van der Waals surface area contributed by atoms with E-state index in [0.29, 0.717) is 35.5 Å². The highest BCUT2D eigenvalue weighted by atomic mass is 35.5. The minimum atomic E-state index is 0.0414. The summed E-state index contributed by atoms with van der Waals surface area (Å²) < 4.78 is 5.38. The predicted molar refractivity (Wildman–Crippen MR) is 86.5 cm³/mol. The van der Waals surface area contributed by atoms with Crippen LogP contribution in [0.5, 0.6) is 0 Å². The van der Waals surface area contributed by atoms with E-state index in [1.807, 2.05) is 4.90 Å². The molecular formula is C16H19ClN4O2. The van der Waals surface area contributed by atoms with Crippen LogP contribution in [0.4, 0.5) is 0 Å². The zero-order valence-corrected chi connectivity index (χ0v) is 13.8. The van der Waals surface area contributed by atoms with E-state index in [-0.39, 0.29) is 5.91 Å². The third-order valence-electron chi connectivity index (χ3n) is 3.94. The number of aromatic nitrogens is 2. The SMILES string of the molecule is Cc1nnc(CCN2CCN(C(=O)c3cccc(Cl)c3)CC2)o1. The van der Waals surface area contributed by atoms with Gasteiger partial charge in [-0.15, -0.1) is 10.2 Å². The fourth-order valence-corrected chi connectivity index (χ4v) is 2.86. The lowest BCUT2D eigenvalue weighted by molar-refractivity contribution is 0.0636. The summed E-state index contributed by atoms with van der Waals surface area (Å²) in [6, 6.07) is 7.10. The third kappa shape index (κ3) is 4.09. The quantitative estimate of drug-likeness (QED) is 0.856. The minimum absolute atomic E-state index is 0.0414. The van der Waals surface area contributed by atoms with Gasteiger partial charge in [0.25, 0.3) is 5.91 Å². The maximum atomic E-state index is 12.5. The van der Waals surface area contributed by atoms with Crippen LogP contribution in [0.15, 0.2) is 28.7 Å². The van der Waals surface area contributed by atoms with Crippen molar-refractivity contribution in [2.75, 3.05) is 32.7 Å². The molecule has 1 amide bonds. The number of halogens is 1. The van der Waals surface area contributed by atoms with Gasteiger partial charge in [-0.25, -0.2) is 0 Å². The van der Waals surface area contributed by atoms with E-state index in [4.69, 9.17) is 16.0 Å². The summed E-state index contributed by atoms with van der Waals surface area (Å²) in [5, 5.41) is 8.42. The molecule has 1 saturated heterocycles. The number of rotatable bonds is 4. The van der Waals surface area contributed by atoms with Crippen LogP contribution in [0.2, 0.25) is 5.02 Å². The number of benzene rings is 1. The van der Waals surface area contributed by atoms with Crippen molar-refractivity contribution in [1.82, 2.24) is 20.0 Å². The Labute approximate surface area is 140 Å². The van der Waals surface area contributed by atoms with Crippen molar-refractivity contribution in [2.45, 2.75) is 13.3 Å². The van der Waals surface area contributed by atoms with Crippen molar-refractivity contribution in [3.63, 3.8) is 0 Å². The number of piperazine rings is 1. The topological polar surface area (TPSA) is 62.5 Å². The van der Waals surface area contributed by atoms with Crippen molar-refractivity contribution < 1.29 is 9.21 Å². The Balaban J connectivity index is 1.49. The highest BCUT2D eigenvalue weighted by molar-refractivity contribution is 6.30. The molecule has 1 aromatic heterocycles. The van der Waals surface area contributed by atoms with Crippen LogP contribution in [0.25, 0.3) is 0 Å². The Bertz CT molecular complexity index is 680. The summed E-state index contributed by atoms with van der Waals surface area (Å²) in [5.74, 6) is 1.30. The molecule has 0 aliphatic carbocycles. The van der Waals surface area contributed by atoms with E-state index >= 15 is 0 Å². The largest absolute Gasteiger partial charge is 0.426 e. The zero-order chi connectivity index (χ0) is 16.2. The van der Waals surface area contributed by atoms with Crippen LogP contribution in [0.1, 0.15) is 22.1 Å². The summed E-state index contributed by atoms with van der Waals surface area (Å²) in [6.45, 7) is 5.78. The highest BCUT2D eigenvalue weighted by Crippen LogP contribution is 2.14. The Morgan fingerprint density at radius 1 is 1.26 bits per heavy atom. The van der Waals surface area contributed by atoms with E-state index in [9.17, 15) is 4.79 Å². The first-order valence-electron chi connectivity index (χ1n) is 7.68. The summed E-state index contributed by atoms with van der Waals surface area (Å²) in [7, 11) is 0. The molecule has 6 nitrogen and oxygen atoms in total. The molecule has 1 aliphatic rings. The minimum Gasteiger partial charge on any atom is -0.426 e. The van der Waals surface area contributed by atoms with Crippen molar-refractivity contribution in [1.29, 1.82) is 0 Å². The van der Waals surface area contributed by atoms with Gasteiger partial charge in [0.1, 0.15) is 0 Å². The summed E-state index contributed by atoms with van der Waals surface area (Å²) >= 11 is 5.95. The lowest BCUT2D eigenvalue weighted by atomic mass is 10.2. The van der Waals surface area contributed by atoms with Gasteiger partial charge in [0, 0.05) is 56.7 Å². The second-order valence-corrected chi connectivity index (χ2v) is 6.05. The average molecular weight is 335 g/mol. The van der Waals surface area contributed by atoms with Gasteiger partial charge in [-0.2, -0.15) is 0 Å². The maximum absolute atomic E-state index is 12.5. The molecule has 7 heteroatoms. The van der Waals surface area contributed by atoms with E-state index in [2.05, 4.69) is 15.1 Å². The van der Waals surface area contributed by atoms with Gasteiger partial charge in [0.15, 0.2) is 0 Å². The Hall–Kier alpha value is -1.92. The number of carbonyl (C=O) groups excluding carboxylic acids is 1. The third-order valence-corrected chi connectivity index (χ3v) is 4.18. The first-order valence-corrected chi connectivity index (χ1v) is 8.06. The van der Waals surface area contributed by atoms with E-state index < -0.39 is 0 Å². The molecule has 3 rings (SSSR count). The first-order chi connectivity index (χ1) is 11.1. The molecule has 0 saturated carbocycles. The van der Waals surface area contributed by atoms with Crippen LogP contribution < -0.4 is 0 Å². The van der Waals surface area contributed by atoms with Crippen LogP contribution >= 0.6 is 11.6 Å². The smallest absolute Gasteiger partial charge is 0.253 e. The van der Waals surface area contributed by atoms with Crippen LogP contribution in [-0.2, 0) is 6.42 Å². The lowest BCUT2D eigenvalue weighted by Crippen LogP contribution is -2.49. The van der Waals surface area contributed by atoms with Crippen LogP contribution in [-0.4, -0.2) is 58.6 Å². The monoisotopic (exact) mass is 334 g/mol. The number of nitrogens with zero attached hydrogens (tertiary/aromatic N) is 4. The normalized spacial score (nSPS) is 15.8. The van der Waals surface area contributed by atoms with Crippen molar-refractivity contribution in [3.05, 3.63) is 46.6 Å². The van der Waals surface area contributed by atoms with Gasteiger partial charge < -0.3 is 9.32 Å². The van der Waals surface area contributed by atoms with Gasteiger partial charge in [-0.05, 0) is 18.2 Å². The van der Waals surface area contributed by atoms with E-state index in [1.165, 1.54) is 0 Å². The molecule has 23 heavy (non-hydrogen) atoms. The number of carbonyl (C=O) groups is 1. The molecule has 0 radical (unpaired) electrons. The first kappa shape index (κ1) is 16.0. The molecule has 1 aromatic carbocycles. The summed E-state index contributed by atoms with van der Waals surface area (Å²) in [5.41, 5.74) is 0.646.